The fourth-order valence-electron chi connectivity index (χ4n) is 4.91. The zero-order valence-electron chi connectivity index (χ0n) is 18.8. The van der Waals surface area contributed by atoms with E-state index in [4.69, 9.17) is 23.2 Å². The molecule has 0 aromatic heterocycles. The van der Waals surface area contributed by atoms with Crippen LogP contribution >= 0.6 is 23.2 Å². The van der Waals surface area contributed by atoms with E-state index in [1.54, 1.807) is 18.2 Å². The van der Waals surface area contributed by atoms with Crippen molar-refractivity contribution in [3.63, 3.8) is 0 Å². The lowest BCUT2D eigenvalue weighted by Gasteiger charge is -2.41. The highest BCUT2D eigenvalue weighted by atomic mass is 35.5. The summed E-state index contributed by atoms with van der Waals surface area (Å²) in [4.78, 5) is 29.8. The van der Waals surface area contributed by atoms with Gasteiger partial charge in [-0.3, -0.25) is 9.59 Å². The zero-order valence-corrected chi connectivity index (χ0v) is 20.3. The molecule has 7 heteroatoms. The van der Waals surface area contributed by atoms with Crippen molar-refractivity contribution in [3.05, 3.63) is 69.7 Å². The number of rotatable bonds is 6. The molecule has 0 atom stereocenters. The molecule has 2 aliphatic heterocycles. The first-order valence-corrected chi connectivity index (χ1v) is 12.6. The second-order valence-electron chi connectivity index (χ2n) is 8.98. The number of amides is 2. The van der Waals surface area contributed by atoms with E-state index in [9.17, 15) is 9.59 Å². The number of halogens is 2. The van der Waals surface area contributed by atoms with Gasteiger partial charge in [-0.05, 0) is 69.0 Å². The van der Waals surface area contributed by atoms with Gasteiger partial charge in [-0.1, -0.05) is 53.5 Å². The predicted octanol–water partition coefficient (Wildman–Crippen LogP) is 4.67. The fraction of sp³-hybridized carbons (Fsp3) is 0.462. The van der Waals surface area contributed by atoms with Crippen LogP contribution in [0.2, 0.25) is 10.0 Å². The van der Waals surface area contributed by atoms with Gasteiger partial charge in [-0.25, -0.2) is 0 Å². The summed E-state index contributed by atoms with van der Waals surface area (Å²) in [7, 11) is 0. The van der Waals surface area contributed by atoms with E-state index in [1.807, 2.05) is 23.1 Å². The topological polar surface area (TPSA) is 52.7 Å². The number of piperidine rings is 2. The van der Waals surface area contributed by atoms with Gasteiger partial charge in [0.05, 0.1) is 10.6 Å². The Morgan fingerprint density at radius 2 is 1.61 bits per heavy atom. The van der Waals surface area contributed by atoms with E-state index in [0.29, 0.717) is 28.2 Å². The third kappa shape index (κ3) is 6.28. The quantitative estimate of drug-likeness (QED) is 0.643. The number of likely N-dealkylation sites (tertiary alicyclic amines) is 2. The average Bonchev–Trinajstić information content (AvgIpc) is 2.84. The molecule has 2 aromatic rings. The maximum atomic E-state index is 12.9. The summed E-state index contributed by atoms with van der Waals surface area (Å²) >= 11 is 12.2. The molecule has 2 aliphatic rings. The minimum absolute atomic E-state index is 0.0269. The molecule has 176 valence electrons. The minimum Gasteiger partial charge on any atom is -0.356 e. The molecule has 0 saturated carbocycles. The molecule has 33 heavy (non-hydrogen) atoms. The summed E-state index contributed by atoms with van der Waals surface area (Å²) < 4.78 is 0. The number of benzene rings is 2. The number of carbonyl (C=O) groups is 2. The van der Waals surface area contributed by atoms with Crippen molar-refractivity contribution in [1.29, 1.82) is 0 Å². The van der Waals surface area contributed by atoms with Crippen molar-refractivity contribution < 1.29 is 9.59 Å². The first-order valence-electron chi connectivity index (χ1n) is 11.8. The van der Waals surface area contributed by atoms with Crippen LogP contribution in [0.25, 0.3) is 0 Å². The van der Waals surface area contributed by atoms with Crippen molar-refractivity contribution in [2.24, 2.45) is 5.92 Å². The van der Waals surface area contributed by atoms with Crippen molar-refractivity contribution in [2.75, 3.05) is 32.7 Å². The first-order chi connectivity index (χ1) is 16.0. The van der Waals surface area contributed by atoms with Crippen molar-refractivity contribution in [1.82, 2.24) is 15.1 Å². The highest BCUT2D eigenvalue weighted by Crippen LogP contribution is 2.27. The van der Waals surface area contributed by atoms with Gasteiger partial charge in [0.1, 0.15) is 0 Å². The summed E-state index contributed by atoms with van der Waals surface area (Å²) in [5.74, 6) is 0.262. The van der Waals surface area contributed by atoms with Gasteiger partial charge < -0.3 is 15.1 Å². The van der Waals surface area contributed by atoms with Gasteiger partial charge >= 0.3 is 0 Å². The van der Waals surface area contributed by atoms with Crippen LogP contribution < -0.4 is 5.32 Å². The molecule has 4 rings (SSSR count). The van der Waals surface area contributed by atoms with Gasteiger partial charge in [0, 0.05) is 36.6 Å². The van der Waals surface area contributed by atoms with Crippen molar-refractivity contribution >= 4 is 35.0 Å². The third-order valence-electron chi connectivity index (χ3n) is 6.89. The zero-order chi connectivity index (χ0) is 23.2. The maximum Gasteiger partial charge on any atom is 0.255 e. The molecule has 5 nitrogen and oxygen atoms in total. The highest BCUT2D eigenvalue weighted by Gasteiger charge is 2.32. The van der Waals surface area contributed by atoms with Crippen LogP contribution in [0.15, 0.2) is 48.5 Å². The lowest BCUT2D eigenvalue weighted by atomic mass is 9.92. The van der Waals surface area contributed by atoms with E-state index >= 15 is 0 Å². The van der Waals surface area contributed by atoms with Gasteiger partial charge in [0.25, 0.3) is 5.91 Å². The van der Waals surface area contributed by atoms with Crippen LogP contribution in [-0.4, -0.2) is 60.4 Å². The van der Waals surface area contributed by atoms with E-state index in [0.717, 1.165) is 58.3 Å². The first kappa shape index (κ1) is 24.1. The molecule has 2 heterocycles. The molecule has 0 aliphatic carbocycles. The Morgan fingerprint density at radius 1 is 0.909 bits per heavy atom. The van der Waals surface area contributed by atoms with Crippen LogP contribution in [0.1, 0.15) is 41.6 Å². The molecular formula is C26H31Cl2N3O2. The lowest BCUT2D eigenvalue weighted by molar-refractivity contribution is -0.126. The van der Waals surface area contributed by atoms with Gasteiger partial charge in [0.15, 0.2) is 0 Å². The number of carbonyl (C=O) groups excluding carboxylic acids is 2. The largest absolute Gasteiger partial charge is 0.356 e. The summed E-state index contributed by atoms with van der Waals surface area (Å²) in [6.45, 7) is 4.02. The normalized spacial score (nSPS) is 18.3. The summed E-state index contributed by atoms with van der Waals surface area (Å²) in [5.41, 5.74) is 1.76. The van der Waals surface area contributed by atoms with Crippen molar-refractivity contribution in [3.8, 4) is 0 Å². The van der Waals surface area contributed by atoms with Crippen LogP contribution in [0.5, 0.6) is 0 Å². The van der Waals surface area contributed by atoms with Gasteiger partial charge in [0.2, 0.25) is 5.91 Å². The Hall–Kier alpha value is -2.08. The third-order valence-corrected chi connectivity index (χ3v) is 7.43. The SMILES string of the molecule is O=C(NCCc1ccccc1)C1CCN(C2CCN(C(=O)c3ccc(Cl)cc3Cl)CC2)CC1. The summed E-state index contributed by atoms with van der Waals surface area (Å²) in [5, 5.41) is 4.05. The van der Waals surface area contributed by atoms with E-state index in [-0.39, 0.29) is 17.7 Å². The number of hydrogen-bond acceptors (Lipinski definition) is 3. The van der Waals surface area contributed by atoms with Gasteiger partial charge in [-0.15, -0.1) is 0 Å². The molecular weight excluding hydrogens is 457 g/mol. The Kier molecular flexibility index (Phi) is 8.29. The Balaban J connectivity index is 1.18. The number of nitrogens with zero attached hydrogens (tertiary/aromatic N) is 2. The van der Waals surface area contributed by atoms with Crippen LogP contribution in [0, 0.1) is 5.92 Å². The number of hydrogen-bond donors (Lipinski definition) is 1. The lowest BCUT2D eigenvalue weighted by Crippen LogP contribution is -2.50. The monoisotopic (exact) mass is 487 g/mol. The maximum absolute atomic E-state index is 12.9. The Bertz CT molecular complexity index is 953. The summed E-state index contributed by atoms with van der Waals surface area (Å²) in [6, 6.07) is 15.7. The molecule has 2 saturated heterocycles. The van der Waals surface area contributed by atoms with Crippen LogP contribution in [0.4, 0.5) is 0 Å². The van der Waals surface area contributed by atoms with Crippen LogP contribution in [0.3, 0.4) is 0 Å². The van der Waals surface area contributed by atoms with Gasteiger partial charge in [-0.2, -0.15) is 0 Å². The predicted molar refractivity (Wildman–Crippen MR) is 133 cm³/mol. The van der Waals surface area contributed by atoms with Crippen molar-refractivity contribution in [2.45, 2.75) is 38.1 Å². The molecule has 2 amide bonds. The second kappa shape index (κ2) is 11.4. The molecule has 0 bridgehead atoms. The molecule has 0 unspecified atom stereocenters. The average molecular weight is 488 g/mol. The fourth-order valence-corrected chi connectivity index (χ4v) is 5.40. The number of nitrogens with one attached hydrogen (secondary N) is 1. The Labute approximate surface area is 206 Å². The second-order valence-corrected chi connectivity index (χ2v) is 9.83. The van der Waals surface area contributed by atoms with E-state index in [2.05, 4.69) is 22.3 Å². The molecule has 1 N–H and O–H groups in total. The molecule has 0 radical (unpaired) electrons. The molecule has 2 aromatic carbocycles. The minimum atomic E-state index is -0.0269. The Morgan fingerprint density at radius 3 is 2.27 bits per heavy atom. The van der Waals surface area contributed by atoms with E-state index < -0.39 is 0 Å². The molecule has 0 spiro atoms. The highest BCUT2D eigenvalue weighted by molar-refractivity contribution is 6.36. The molecule has 2 fully saturated rings. The standard InChI is InChI=1S/C26H31Cl2N3O2/c27-21-6-7-23(24(28)18-21)26(33)31-16-11-22(12-17-31)30-14-9-20(10-15-30)25(32)29-13-8-19-4-2-1-3-5-19/h1-7,18,20,22H,8-17H2,(H,29,32). The van der Waals surface area contributed by atoms with Crippen LogP contribution in [-0.2, 0) is 11.2 Å². The smallest absolute Gasteiger partial charge is 0.255 e. The van der Waals surface area contributed by atoms with E-state index in [1.165, 1.54) is 5.56 Å². The summed E-state index contributed by atoms with van der Waals surface area (Å²) in [6.07, 6.45) is 4.56.